The molecule has 1 aromatic rings. The van der Waals surface area contributed by atoms with Crippen molar-refractivity contribution in [3.63, 3.8) is 0 Å². The zero-order chi connectivity index (χ0) is 10.6. The highest BCUT2D eigenvalue weighted by molar-refractivity contribution is 9.10. The number of nitrogens with two attached hydrogens (primary N) is 1. The van der Waals surface area contributed by atoms with Crippen molar-refractivity contribution in [2.75, 3.05) is 5.73 Å². The Morgan fingerprint density at radius 2 is 2.00 bits per heavy atom. The van der Waals surface area contributed by atoms with Gasteiger partial charge in [-0.1, -0.05) is 13.8 Å². The number of benzene rings is 1. The highest BCUT2D eigenvalue weighted by atomic mass is 79.9. The van der Waals surface area contributed by atoms with E-state index in [2.05, 4.69) is 35.8 Å². The summed E-state index contributed by atoms with van der Waals surface area (Å²) < 4.78 is 1.11. The van der Waals surface area contributed by atoms with Gasteiger partial charge in [-0.2, -0.15) is 0 Å². The van der Waals surface area contributed by atoms with E-state index in [9.17, 15) is 0 Å². The Bertz CT molecular complexity index is 297. The molecule has 0 aromatic heterocycles. The first-order valence-electron chi connectivity index (χ1n) is 4.89. The molecule has 0 heterocycles. The van der Waals surface area contributed by atoms with E-state index in [1.165, 1.54) is 17.7 Å². The van der Waals surface area contributed by atoms with Crippen molar-refractivity contribution < 1.29 is 0 Å². The molecule has 0 aliphatic rings. The lowest BCUT2D eigenvalue weighted by Crippen LogP contribution is -1.97. The summed E-state index contributed by atoms with van der Waals surface area (Å²) in [6.45, 7) is 4.46. The van der Waals surface area contributed by atoms with Gasteiger partial charge < -0.3 is 5.73 Å². The molecule has 0 aliphatic carbocycles. The van der Waals surface area contributed by atoms with Crippen LogP contribution in [0.25, 0.3) is 0 Å². The van der Waals surface area contributed by atoms with E-state index < -0.39 is 0 Å². The van der Waals surface area contributed by atoms with Crippen molar-refractivity contribution in [2.24, 2.45) is 0 Å². The molecule has 1 nitrogen and oxygen atoms in total. The molecule has 3 heteroatoms. The maximum Gasteiger partial charge on any atom is 0.0331 e. The summed E-state index contributed by atoms with van der Waals surface area (Å²) in [6.07, 6.45) is 2.41. The van der Waals surface area contributed by atoms with Crippen LogP contribution in [0.3, 0.4) is 0 Å². The third-order valence-electron chi connectivity index (χ3n) is 2.16. The van der Waals surface area contributed by atoms with Crippen LogP contribution in [0, 0.1) is 0 Å². The molecule has 0 unspecified atom stereocenters. The number of rotatable bonds is 4. The zero-order valence-electron chi connectivity index (χ0n) is 8.59. The molecule has 0 atom stereocenters. The highest BCUT2D eigenvalue weighted by Gasteiger charge is 2.08. The first-order chi connectivity index (χ1) is 6.67. The second-order valence-electron chi connectivity index (χ2n) is 3.25. The number of halogens is 1. The van der Waals surface area contributed by atoms with Gasteiger partial charge in [-0.3, -0.25) is 0 Å². The number of hydrogen-bond donors (Lipinski definition) is 1. The number of anilines is 1. The molecule has 0 amide bonds. The van der Waals surface area contributed by atoms with Gasteiger partial charge in [0.2, 0.25) is 0 Å². The van der Waals surface area contributed by atoms with Gasteiger partial charge in [-0.15, -0.1) is 11.8 Å². The van der Waals surface area contributed by atoms with Crippen LogP contribution < -0.4 is 5.73 Å². The fourth-order valence-electron chi connectivity index (χ4n) is 1.25. The summed E-state index contributed by atoms with van der Waals surface area (Å²) in [5.41, 5.74) is 6.49. The molecular weight excluding hydrogens is 258 g/mol. The van der Waals surface area contributed by atoms with Crippen LogP contribution >= 0.6 is 27.7 Å². The molecule has 0 spiro atoms. The average Bonchev–Trinajstić information content (AvgIpc) is 2.17. The molecular formula is C11H16BrNS. The second kappa shape index (κ2) is 5.66. The molecule has 1 rings (SSSR count). The molecule has 1 aromatic carbocycles. The lowest BCUT2D eigenvalue weighted by molar-refractivity contribution is 0.792. The van der Waals surface area contributed by atoms with Crippen LogP contribution in [0.2, 0.25) is 0 Å². The van der Waals surface area contributed by atoms with Gasteiger partial charge >= 0.3 is 0 Å². The van der Waals surface area contributed by atoms with Crippen molar-refractivity contribution >= 4 is 33.4 Å². The van der Waals surface area contributed by atoms with E-state index in [0.29, 0.717) is 5.25 Å². The molecule has 0 bridgehead atoms. The van der Waals surface area contributed by atoms with Crippen LogP contribution in [-0.2, 0) is 0 Å². The molecule has 78 valence electrons. The highest BCUT2D eigenvalue weighted by Crippen LogP contribution is 2.34. The van der Waals surface area contributed by atoms with E-state index in [0.717, 1.165) is 10.2 Å². The van der Waals surface area contributed by atoms with Gasteiger partial charge in [0, 0.05) is 20.3 Å². The topological polar surface area (TPSA) is 26.0 Å². The molecule has 0 aliphatic heterocycles. The van der Waals surface area contributed by atoms with Gasteiger partial charge in [0.25, 0.3) is 0 Å². The lowest BCUT2D eigenvalue weighted by Gasteiger charge is -2.13. The fourth-order valence-corrected chi connectivity index (χ4v) is 2.94. The minimum Gasteiger partial charge on any atom is -0.399 e. The van der Waals surface area contributed by atoms with E-state index in [1.54, 1.807) is 0 Å². The Morgan fingerprint density at radius 1 is 1.36 bits per heavy atom. The Kier molecular flexibility index (Phi) is 4.82. The molecule has 0 saturated heterocycles. The van der Waals surface area contributed by atoms with Gasteiger partial charge in [-0.25, -0.2) is 0 Å². The van der Waals surface area contributed by atoms with Gasteiger partial charge in [0.05, 0.1) is 0 Å². The molecule has 0 saturated carbocycles. The minimum atomic E-state index is 0.704. The van der Waals surface area contributed by atoms with E-state index in [1.807, 2.05) is 23.9 Å². The zero-order valence-corrected chi connectivity index (χ0v) is 11.0. The van der Waals surface area contributed by atoms with Crippen molar-refractivity contribution in [2.45, 2.75) is 36.8 Å². The monoisotopic (exact) mass is 273 g/mol. The van der Waals surface area contributed by atoms with Crippen LogP contribution in [-0.4, -0.2) is 5.25 Å². The molecule has 14 heavy (non-hydrogen) atoms. The van der Waals surface area contributed by atoms with Crippen LogP contribution in [0.1, 0.15) is 26.7 Å². The minimum absolute atomic E-state index is 0.704. The Morgan fingerprint density at radius 3 is 2.50 bits per heavy atom. The third kappa shape index (κ3) is 3.21. The Labute approximate surface area is 98.6 Å². The SMILES string of the molecule is CCC(CC)Sc1ccc(N)cc1Br. The molecule has 2 N–H and O–H groups in total. The van der Waals surface area contributed by atoms with Crippen molar-refractivity contribution in [3.05, 3.63) is 22.7 Å². The first kappa shape index (κ1) is 11.9. The molecule has 0 fully saturated rings. The fraction of sp³-hybridized carbons (Fsp3) is 0.455. The number of nitrogen functional groups attached to an aromatic ring is 1. The summed E-state index contributed by atoms with van der Waals surface area (Å²) in [5.74, 6) is 0. The quantitative estimate of drug-likeness (QED) is 0.654. The summed E-state index contributed by atoms with van der Waals surface area (Å²) in [6, 6.07) is 6.00. The summed E-state index contributed by atoms with van der Waals surface area (Å²) in [4.78, 5) is 1.29. The third-order valence-corrected chi connectivity index (χ3v) is 4.69. The number of hydrogen-bond acceptors (Lipinski definition) is 2. The van der Waals surface area contributed by atoms with Crippen LogP contribution in [0.15, 0.2) is 27.6 Å². The van der Waals surface area contributed by atoms with Gasteiger partial charge in [-0.05, 0) is 47.0 Å². The van der Waals surface area contributed by atoms with Crippen LogP contribution in [0.4, 0.5) is 5.69 Å². The van der Waals surface area contributed by atoms with Gasteiger partial charge in [0.15, 0.2) is 0 Å². The van der Waals surface area contributed by atoms with E-state index in [-0.39, 0.29) is 0 Å². The standard InChI is InChI=1S/C11H16BrNS/c1-3-9(4-2)14-11-6-5-8(13)7-10(11)12/h5-7,9H,3-4,13H2,1-2H3. The van der Waals surface area contributed by atoms with Crippen LogP contribution in [0.5, 0.6) is 0 Å². The predicted molar refractivity (Wildman–Crippen MR) is 68.8 cm³/mol. The summed E-state index contributed by atoms with van der Waals surface area (Å²) in [5, 5.41) is 0.704. The summed E-state index contributed by atoms with van der Waals surface area (Å²) in [7, 11) is 0. The average molecular weight is 274 g/mol. The lowest BCUT2D eigenvalue weighted by atomic mass is 10.3. The van der Waals surface area contributed by atoms with Crippen molar-refractivity contribution in [1.29, 1.82) is 0 Å². The number of thioether (sulfide) groups is 1. The maximum atomic E-state index is 5.68. The second-order valence-corrected chi connectivity index (χ2v) is 5.44. The van der Waals surface area contributed by atoms with Crippen molar-refractivity contribution in [3.8, 4) is 0 Å². The Hall–Kier alpha value is -0.150. The van der Waals surface area contributed by atoms with E-state index in [4.69, 9.17) is 5.73 Å². The smallest absolute Gasteiger partial charge is 0.0331 e. The molecule has 0 radical (unpaired) electrons. The van der Waals surface area contributed by atoms with E-state index >= 15 is 0 Å². The normalized spacial score (nSPS) is 10.9. The first-order valence-corrected chi connectivity index (χ1v) is 6.56. The largest absolute Gasteiger partial charge is 0.399 e. The Balaban J connectivity index is 2.76. The van der Waals surface area contributed by atoms with Gasteiger partial charge in [0.1, 0.15) is 0 Å². The predicted octanol–water partition coefficient (Wildman–Crippen LogP) is 4.31. The summed E-state index contributed by atoms with van der Waals surface area (Å²) >= 11 is 5.45. The maximum absolute atomic E-state index is 5.68. The van der Waals surface area contributed by atoms with Crippen molar-refractivity contribution in [1.82, 2.24) is 0 Å².